The molecular weight excluding hydrogens is 535 g/mol. The first-order valence-electron chi connectivity index (χ1n) is 12.8. The minimum atomic E-state index is -0.257. The van der Waals surface area contributed by atoms with Crippen molar-refractivity contribution in [2.45, 2.75) is 19.6 Å². The summed E-state index contributed by atoms with van der Waals surface area (Å²) in [7, 11) is 1.67. The largest absolute Gasteiger partial charge is 0.495 e. The lowest BCUT2D eigenvalue weighted by Crippen LogP contribution is -2.49. The number of benzene rings is 3. The molecule has 6 nitrogen and oxygen atoms in total. The summed E-state index contributed by atoms with van der Waals surface area (Å²) in [5, 5.41) is 3.39. The molecule has 2 heterocycles. The summed E-state index contributed by atoms with van der Waals surface area (Å²) in [6.07, 6.45) is 0. The highest BCUT2D eigenvalue weighted by molar-refractivity contribution is 7.09. The minimum Gasteiger partial charge on any atom is -0.495 e. The number of methoxy groups -OCH3 is 1. The van der Waals surface area contributed by atoms with Crippen LogP contribution >= 0.6 is 22.9 Å². The summed E-state index contributed by atoms with van der Waals surface area (Å²) in [5.41, 5.74) is 3.60. The molecule has 9 heteroatoms. The molecule has 0 N–H and O–H groups in total. The van der Waals surface area contributed by atoms with Gasteiger partial charge < -0.3 is 14.5 Å². The Labute approximate surface area is 237 Å². The monoisotopic (exact) mass is 564 g/mol. The Kier molecular flexibility index (Phi) is 8.76. The molecule has 4 aromatic rings. The van der Waals surface area contributed by atoms with Crippen molar-refractivity contribution in [2.24, 2.45) is 0 Å². The molecule has 0 unspecified atom stereocenters. The van der Waals surface area contributed by atoms with Crippen molar-refractivity contribution >= 4 is 34.5 Å². The van der Waals surface area contributed by atoms with Crippen molar-refractivity contribution in [1.82, 2.24) is 14.8 Å². The molecule has 1 saturated heterocycles. The molecule has 1 fully saturated rings. The van der Waals surface area contributed by atoms with Crippen molar-refractivity contribution in [1.29, 1.82) is 0 Å². The van der Waals surface area contributed by atoms with Crippen LogP contribution in [0, 0.1) is 5.82 Å². The number of carbonyl (C=O) groups is 1. The van der Waals surface area contributed by atoms with Gasteiger partial charge in [-0.25, -0.2) is 9.37 Å². The van der Waals surface area contributed by atoms with Gasteiger partial charge in [-0.1, -0.05) is 48.0 Å². The van der Waals surface area contributed by atoms with Crippen LogP contribution in [0.15, 0.2) is 78.2 Å². The van der Waals surface area contributed by atoms with E-state index in [0.717, 1.165) is 40.7 Å². The van der Waals surface area contributed by atoms with Crippen LogP contribution < -0.4 is 9.64 Å². The number of para-hydroxylation sites is 2. The summed E-state index contributed by atoms with van der Waals surface area (Å²) < 4.78 is 19.0. The lowest BCUT2D eigenvalue weighted by atomic mass is 10.1. The van der Waals surface area contributed by atoms with Gasteiger partial charge in [0.2, 0.25) is 0 Å². The molecule has 0 aliphatic carbocycles. The maximum Gasteiger partial charge on any atom is 0.273 e. The first kappa shape index (κ1) is 27.1. The fourth-order valence-corrected chi connectivity index (χ4v) is 5.81. The zero-order chi connectivity index (χ0) is 27.2. The van der Waals surface area contributed by atoms with Crippen molar-refractivity contribution in [3.63, 3.8) is 0 Å². The maximum atomic E-state index is 13.5. The van der Waals surface area contributed by atoms with Crippen LogP contribution in [-0.4, -0.2) is 54.0 Å². The van der Waals surface area contributed by atoms with E-state index in [1.165, 1.54) is 23.5 Å². The van der Waals surface area contributed by atoms with Gasteiger partial charge in [-0.3, -0.25) is 9.69 Å². The number of thiazole rings is 1. The summed E-state index contributed by atoms with van der Waals surface area (Å²) in [5.74, 6) is 0.536. The SMILES string of the molecule is COc1ccccc1N1CCN(C(=O)c2csc(CN(Cc3ccc(F)cc3)Cc3cccc(Cl)c3)n2)CC1. The fourth-order valence-electron chi connectivity index (χ4n) is 4.79. The van der Waals surface area contributed by atoms with E-state index in [-0.39, 0.29) is 11.7 Å². The molecule has 1 amide bonds. The highest BCUT2D eigenvalue weighted by Gasteiger charge is 2.25. The smallest absolute Gasteiger partial charge is 0.273 e. The molecule has 202 valence electrons. The van der Waals surface area contributed by atoms with Crippen LogP contribution in [0.2, 0.25) is 5.02 Å². The van der Waals surface area contributed by atoms with E-state index in [0.29, 0.717) is 43.4 Å². The normalized spacial score (nSPS) is 13.6. The predicted octanol–water partition coefficient (Wildman–Crippen LogP) is 6.11. The minimum absolute atomic E-state index is 0.0443. The first-order chi connectivity index (χ1) is 19.0. The van der Waals surface area contributed by atoms with Crippen LogP contribution in [-0.2, 0) is 19.6 Å². The van der Waals surface area contributed by atoms with Gasteiger partial charge in [-0.2, -0.15) is 0 Å². The maximum absolute atomic E-state index is 13.5. The number of carbonyl (C=O) groups excluding carboxylic acids is 1. The fraction of sp³-hybridized carbons (Fsp3) is 0.267. The topological polar surface area (TPSA) is 48.9 Å². The number of amides is 1. The number of hydrogen-bond acceptors (Lipinski definition) is 6. The van der Waals surface area contributed by atoms with Crippen LogP contribution in [0.3, 0.4) is 0 Å². The molecule has 5 rings (SSSR count). The zero-order valence-corrected chi connectivity index (χ0v) is 23.3. The van der Waals surface area contributed by atoms with Crippen LogP contribution in [0.4, 0.5) is 10.1 Å². The van der Waals surface area contributed by atoms with Crippen molar-refractivity contribution in [3.05, 3.63) is 111 Å². The molecule has 0 radical (unpaired) electrons. The van der Waals surface area contributed by atoms with Gasteiger partial charge in [-0.05, 0) is 47.5 Å². The van der Waals surface area contributed by atoms with E-state index in [2.05, 4.69) is 9.80 Å². The molecule has 0 atom stereocenters. The number of halogens is 2. The Bertz CT molecular complexity index is 1410. The highest BCUT2D eigenvalue weighted by Crippen LogP contribution is 2.28. The molecule has 1 aromatic heterocycles. The van der Waals surface area contributed by atoms with E-state index in [1.54, 1.807) is 19.2 Å². The quantitative estimate of drug-likeness (QED) is 0.245. The van der Waals surface area contributed by atoms with E-state index >= 15 is 0 Å². The second-order valence-electron chi connectivity index (χ2n) is 9.48. The van der Waals surface area contributed by atoms with Gasteiger partial charge in [0.1, 0.15) is 22.3 Å². The summed E-state index contributed by atoms with van der Waals surface area (Å²) in [4.78, 5) is 24.3. The summed E-state index contributed by atoms with van der Waals surface area (Å²) >= 11 is 7.70. The highest BCUT2D eigenvalue weighted by atomic mass is 35.5. The van der Waals surface area contributed by atoms with Crippen LogP contribution in [0.25, 0.3) is 0 Å². The average Bonchev–Trinajstić information content (AvgIpc) is 3.42. The van der Waals surface area contributed by atoms with E-state index in [9.17, 15) is 9.18 Å². The van der Waals surface area contributed by atoms with Crippen molar-refractivity contribution < 1.29 is 13.9 Å². The van der Waals surface area contributed by atoms with Crippen LogP contribution in [0.1, 0.15) is 26.6 Å². The van der Waals surface area contributed by atoms with E-state index in [4.69, 9.17) is 21.3 Å². The number of aromatic nitrogens is 1. The average molecular weight is 565 g/mol. The van der Waals surface area contributed by atoms with E-state index in [1.807, 2.05) is 58.8 Å². The Hall–Kier alpha value is -3.46. The first-order valence-corrected chi connectivity index (χ1v) is 14.1. The van der Waals surface area contributed by atoms with Crippen LogP contribution in [0.5, 0.6) is 5.75 Å². The van der Waals surface area contributed by atoms with Crippen molar-refractivity contribution in [3.8, 4) is 5.75 Å². The lowest BCUT2D eigenvalue weighted by Gasteiger charge is -2.36. The molecule has 3 aromatic carbocycles. The Balaban J connectivity index is 1.24. The van der Waals surface area contributed by atoms with Gasteiger partial charge in [-0.15, -0.1) is 11.3 Å². The van der Waals surface area contributed by atoms with Gasteiger partial charge in [0.15, 0.2) is 0 Å². The third-order valence-corrected chi connectivity index (χ3v) is 7.81. The van der Waals surface area contributed by atoms with Crippen molar-refractivity contribution in [2.75, 3.05) is 38.2 Å². The third-order valence-electron chi connectivity index (χ3n) is 6.74. The predicted molar refractivity (Wildman–Crippen MR) is 154 cm³/mol. The number of piperazine rings is 1. The van der Waals surface area contributed by atoms with Gasteiger partial charge >= 0.3 is 0 Å². The zero-order valence-electron chi connectivity index (χ0n) is 21.7. The Morgan fingerprint density at radius 3 is 2.46 bits per heavy atom. The standard InChI is InChI=1S/C30H30ClFN4O2S/c1-38-28-8-3-2-7-27(28)35-13-15-36(16-14-35)30(37)26-21-39-29(33-26)20-34(18-22-9-11-25(32)12-10-22)19-23-5-4-6-24(31)17-23/h2-12,17,21H,13-16,18-20H2,1H3. The second kappa shape index (κ2) is 12.6. The number of rotatable bonds is 9. The molecule has 0 saturated carbocycles. The van der Waals surface area contributed by atoms with Gasteiger partial charge in [0.25, 0.3) is 5.91 Å². The van der Waals surface area contributed by atoms with Gasteiger partial charge in [0.05, 0.1) is 19.3 Å². The number of nitrogens with zero attached hydrogens (tertiary/aromatic N) is 4. The number of ether oxygens (including phenoxy) is 1. The second-order valence-corrected chi connectivity index (χ2v) is 10.9. The molecule has 0 spiro atoms. The lowest BCUT2D eigenvalue weighted by molar-refractivity contribution is 0.0741. The molecular formula is C30H30ClFN4O2S. The number of hydrogen-bond donors (Lipinski definition) is 0. The molecule has 39 heavy (non-hydrogen) atoms. The number of anilines is 1. The Morgan fingerprint density at radius 1 is 0.974 bits per heavy atom. The summed E-state index contributed by atoms with van der Waals surface area (Å²) in [6, 6.07) is 22.2. The molecule has 1 aliphatic rings. The Morgan fingerprint density at radius 2 is 1.72 bits per heavy atom. The van der Waals surface area contributed by atoms with E-state index < -0.39 is 0 Å². The van der Waals surface area contributed by atoms with Gasteiger partial charge in [0, 0.05) is 49.7 Å². The summed E-state index contributed by atoms with van der Waals surface area (Å²) in [6.45, 7) is 4.52. The third kappa shape index (κ3) is 6.95. The molecule has 0 bridgehead atoms. The molecule has 1 aliphatic heterocycles.